The molecule has 0 atom stereocenters. The summed E-state index contributed by atoms with van der Waals surface area (Å²) < 4.78 is 0. The van der Waals surface area contributed by atoms with Crippen molar-refractivity contribution in [2.45, 2.75) is 19.8 Å². The second kappa shape index (κ2) is 8.23. The van der Waals surface area contributed by atoms with Gasteiger partial charge in [0.2, 0.25) is 5.91 Å². The molecule has 1 aromatic carbocycles. The van der Waals surface area contributed by atoms with E-state index >= 15 is 0 Å². The summed E-state index contributed by atoms with van der Waals surface area (Å²) in [5, 5.41) is 2.92. The van der Waals surface area contributed by atoms with Gasteiger partial charge in [0.25, 0.3) is 0 Å². The summed E-state index contributed by atoms with van der Waals surface area (Å²) >= 11 is 1.66. The summed E-state index contributed by atoms with van der Waals surface area (Å²) in [6.45, 7) is 5.32. The number of nitrogens with one attached hydrogen (secondary N) is 1. The molecule has 0 unspecified atom stereocenters. The van der Waals surface area contributed by atoms with E-state index in [1.54, 1.807) is 11.8 Å². The Labute approximate surface area is 120 Å². The van der Waals surface area contributed by atoms with Crippen molar-refractivity contribution < 1.29 is 4.79 Å². The van der Waals surface area contributed by atoms with Crippen molar-refractivity contribution in [3.63, 3.8) is 0 Å². The monoisotopic (exact) mass is 280 g/mol. The summed E-state index contributed by atoms with van der Waals surface area (Å²) in [6, 6.07) is 8.08. The highest BCUT2D eigenvalue weighted by Crippen LogP contribution is 2.17. The molecule has 0 fully saturated rings. The molecular weight excluding hydrogens is 256 g/mol. The number of nitrogens with zero attached hydrogens (tertiary/aromatic N) is 1. The summed E-state index contributed by atoms with van der Waals surface area (Å²) in [7, 11) is 4.08. The van der Waals surface area contributed by atoms with Gasteiger partial charge in [-0.15, -0.1) is 0 Å². The number of hydrogen-bond donors (Lipinski definition) is 1. The van der Waals surface area contributed by atoms with Crippen LogP contribution in [-0.4, -0.2) is 43.0 Å². The van der Waals surface area contributed by atoms with Crippen LogP contribution in [-0.2, 0) is 4.79 Å². The van der Waals surface area contributed by atoms with Crippen LogP contribution < -0.4 is 5.32 Å². The molecule has 1 amide bonds. The molecule has 1 rings (SSSR count). The average molecular weight is 280 g/mol. The van der Waals surface area contributed by atoms with E-state index in [0.717, 1.165) is 18.0 Å². The Hall–Kier alpha value is -1.00. The maximum Gasteiger partial charge on any atom is 0.234 e. The summed E-state index contributed by atoms with van der Waals surface area (Å²) in [5.74, 6) is 2.08. The number of amides is 1. The van der Waals surface area contributed by atoms with E-state index in [-0.39, 0.29) is 5.91 Å². The fraction of sp³-hybridized carbons (Fsp3) is 0.533. The smallest absolute Gasteiger partial charge is 0.234 e. The Kier molecular flexibility index (Phi) is 6.95. The molecule has 0 heterocycles. The first kappa shape index (κ1) is 16.1. The van der Waals surface area contributed by atoms with Crippen LogP contribution in [0.2, 0.25) is 0 Å². The number of carbonyl (C=O) groups is 1. The second-order valence-corrected chi connectivity index (χ2v) is 6.29. The van der Waals surface area contributed by atoms with E-state index in [1.807, 2.05) is 26.2 Å². The minimum absolute atomic E-state index is 0.0704. The van der Waals surface area contributed by atoms with Crippen molar-refractivity contribution in [3.8, 4) is 0 Å². The van der Waals surface area contributed by atoms with Crippen LogP contribution in [0.4, 0.5) is 5.69 Å². The quantitative estimate of drug-likeness (QED) is 0.779. The highest BCUT2D eigenvalue weighted by atomic mass is 32.2. The van der Waals surface area contributed by atoms with Crippen molar-refractivity contribution in [3.05, 3.63) is 29.8 Å². The van der Waals surface area contributed by atoms with Crippen molar-refractivity contribution in [2.24, 2.45) is 0 Å². The van der Waals surface area contributed by atoms with E-state index in [9.17, 15) is 4.79 Å². The Bertz CT molecular complexity index is 388. The predicted octanol–water partition coefficient (Wildman–Crippen LogP) is 3.04. The van der Waals surface area contributed by atoms with Crippen molar-refractivity contribution in [1.29, 1.82) is 0 Å². The SMILES string of the molecule is CC(C)c1ccc(NC(=O)CSCCN(C)C)cc1. The van der Waals surface area contributed by atoms with Crippen LogP contribution in [0, 0.1) is 0 Å². The van der Waals surface area contributed by atoms with Gasteiger partial charge in [0.1, 0.15) is 0 Å². The van der Waals surface area contributed by atoms with Gasteiger partial charge in [-0.3, -0.25) is 4.79 Å². The lowest BCUT2D eigenvalue weighted by Gasteiger charge is -2.10. The zero-order valence-corrected chi connectivity index (χ0v) is 13.1. The third-order valence-electron chi connectivity index (χ3n) is 2.78. The molecule has 0 saturated heterocycles. The summed E-state index contributed by atoms with van der Waals surface area (Å²) in [6.07, 6.45) is 0. The maximum atomic E-state index is 11.7. The maximum absolute atomic E-state index is 11.7. The fourth-order valence-corrected chi connectivity index (χ4v) is 2.46. The molecule has 0 aromatic heterocycles. The molecule has 1 N–H and O–H groups in total. The first-order valence-electron chi connectivity index (χ1n) is 6.61. The standard InChI is InChI=1S/C15H24N2OS/c1-12(2)13-5-7-14(8-6-13)16-15(18)11-19-10-9-17(3)4/h5-8,12H,9-11H2,1-4H3,(H,16,18). The number of carbonyl (C=O) groups excluding carboxylic acids is 1. The second-order valence-electron chi connectivity index (χ2n) is 5.18. The Morgan fingerprint density at radius 1 is 1.26 bits per heavy atom. The van der Waals surface area contributed by atoms with Gasteiger partial charge in [-0.2, -0.15) is 11.8 Å². The van der Waals surface area contributed by atoms with Gasteiger partial charge in [0.15, 0.2) is 0 Å². The van der Waals surface area contributed by atoms with Crippen LogP contribution >= 0.6 is 11.8 Å². The highest BCUT2D eigenvalue weighted by molar-refractivity contribution is 7.99. The molecule has 0 spiro atoms. The first-order chi connectivity index (χ1) is 8.99. The molecule has 106 valence electrons. The van der Waals surface area contributed by atoms with Gasteiger partial charge < -0.3 is 10.2 Å². The van der Waals surface area contributed by atoms with Gasteiger partial charge in [-0.1, -0.05) is 26.0 Å². The molecule has 0 saturated carbocycles. The zero-order chi connectivity index (χ0) is 14.3. The number of hydrogen-bond acceptors (Lipinski definition) is 3. The van der Waals surface area contributed by atoms with E-state index < -0.39 is 0 Å². The van der Waals surface area contributed by atoms with Crippen LogP contribution in [0.5, 0.6) is 0 Å². The average Bonchev–Trinajstić information content (AvgIpc) is 2.35. The Morgan fingerprint density at radius 2 is 1.89 bits per heavy atom. The Balaban J connectivity index is 2.32. The van der Waals surface area contributed by atoms with Gasteiger partial charge in [-0.05, 0) is 37.7 Å². The van der Waals surface area contributed by atoms with E-state index in [4.69, 9.17) is 0 Å². The first-order valence-corrected chi connectivity index (χ1v) is 7.77. The molecular formula is C15H24N2OS. The third-order valence-corrected chi connectivity index (χ3v) is 3.71. The Morgan fingerprint density at radius 3 is 2.42 bits per heavy atom. The molecule has 19 heavy (non-hydrogen) atoms. The van der Waals surface area contributed by atoms with Crippen molar-refractivity contribution in [2.75, 3.05) is 37.5 Å². The topological polar surface area (TPSA) is 32.3 Å². The van der Waals surface area contributed by atoms with Gasteiger partial charge in [0.05, 0.1) is 5.75 Å². The molecule has 0 aliphatic rings. The fourth-order valence-electron chi connectivity index (χ4n) is 1.56. The summed E-state index contributed by atoms with van der Waals surface area (Å²) in [5.41, 5.74) is 2.17. The highest BCUT2D eigenvalue weighted by Gasteiger charge is 2.04. The van der Waals surface area contributed by atoms with E-state index in [2.05, 4.69) is 36.2 Å². The summed E-state index contributed by atoms with van der Waals surface area (Å²) in [4.78, 5) is 13.9. The third kappa shape index (κ3) is 6.64. The van der Waals surface area contributed by atoms with Crippen LogP contribution in [0.25, 0.3) is 0 Å². The molecule has 4 heteroatoms. The lowest BCUT2D eigenvalue weighted by Crippen LogP contribution is -2.18. The molecule has 3 nitrogen and oxygen atoms in total. The van der Waals surface area contributed by atoms with Gasteiger partial charge in [0, 0.05) is 18.0 Å². The number of rotatable bonds is 7. The van der Waals surface area contributed by atoms with Crippen molar-refractivity contribution >= 4 is 23.4 Å². The van der Waals surface area contributed by atoms with E-state index in [0.29, 0.717) is 11.7 Å². The molecule has 0 bridgehead atoms. The largest absolute Gasteiger partial charge is 0.325 e. The van der Waals surface area contributed by atoms with Crippen LogP contribution in [0.1, 0.15) is 25.3 Å². The number of benzene rings is 1. The lowest BCUT2D eigenvalue weighted by atomic mass is 10.0. The molecule has 1 aromatic rings. The molecule has 0 radical (unpaired) electrons. The van der Waals surface area contributed by atoms with Crippen LogP contribution in [0.15, 0.2) is 24.3 Å². The minimum atomic E-state index is 0.0704. The predicted molar refractivity (Wildman–Crippen MR) is 85.0 cm³/mol. The lowest BCUT2D eigenvalue weighted by molar-refractivity contribution is -0.113. The van der Waals surface area contributed by atoms with Gasteiger partial charge in [-0.25, -0.2) is 0 Å². The number of thioether (sulfide) groups is 1. The molecule has 0 aliphatic heterocycles. The van der Waals surface area contributed by atoms with E-state index in [1.165, 1.54) is 5.56 Å². The van der Waals surface area contributed by atoms with Crippen LogP contribution in [0.3, 0.4) is 0 Å². The zero-order valence-electron chi connectivity index (χ0n) is 12.3. The molecule has 0 aliphatic carbocycles. The minimum Gasteiger partial charge on any atom is -0.325 e. The van der Waals surface area contributed by atoms with Gasteiger partial charge >= 0.3 is 0 Å². The van der Waals surface area contributed by atoms with Crippen molar-refractivity contribution in [1.82, 2.24) is 4.90 Å². The number of anilines is 1. The normalized spacial score (nSPS) is 11.1.